The first-order valence-electron chi connectivity index (χ1n) is 5.85. The number of nitrogens with zero attached hydrogens (tertiary/aromatic N) is 1. The zero-order valence-electron chi connectivity index (χ0n) is 8.34. The Kier molecular flexibility index (Phi) is 2.06. The van der Waals surface area contributed by atoms with Crippen LogP contribution in [-0.4, -0.2) is 37.6 Å². The van der Waals surface area contributed by atoms with E-state index in [4.69, 9.17) is 0 Å². The zero-order valence-corrected chi connectivity index (χ0v) is 8.34. The standard InChI is InChI=1S/C11H20N2/c1-2-9(5-12-3-1)6-13-7-10-4-11(10)8-13/h9-12H,1-8H2. The van der Waals surface area contributed by atoms with E-state index in [9.17, 15) is 0 Å². The first kappa shape index (κ1) is 8.25. The van der Waals surface area contributed by atoms with E-state index in [-0.39, 0.29) is 0 Å². The second-order valence-electron chi connectivity index (χ2n) is 5.19. The summed E-state index contributed by atoms with van der Waals surface area (Å²) in [6, 6.07) is 0. The van der Waals surface area contributed by atoms with Crippen LogP contribution in [0, 0.1) is 17.8 Å². The highest BCUT2D eigenvalue weighted by Gasteiger charge is 2.45. The summed E-state index contributed by atoms with van der Waals surface area (Å²) in [7, 11) is 0. The average Bonchev–Trinajstić information content (AvgIpc) is 2.76. The third kappa shape index (κ3) is 1.75. The minimum atomic E-state index is 0.950. The molecule has 0 spiro atoms. The fourth-order valence-corrected chi connectivity index (χ4v) is 3.09. The molecular formula is C11H20N2. The number of fused-ring (bicyclic) bond motifs is 1. The SMILES string of the molecule is C1CNCC(CN2CC3CC3C2)C1. The van der Waals surface area contributed by atoms with E-state index in [1.165, 1.54) is 45.6 Å². The zero-order chi connectivity index (χ0) is 8.67. The van der Waals surface area contributed by atoms with Gasteiger partial charge in [0.15, 0.2) is 0 Å². The van der Waals surface area contributed by atoms with Crippen LogP contribution in [0.2, 0.25) is 0 Å². The van der Waals surface area contributed by atoms with Gasteiger partial charge in [-0.25, -0.2) is 0 Å². The van der Waals surface area contributed by atoms with Crippen molar-refractivity contribution in [3.63, 3.8) is 0 Å². The molecular weight excluding hydrogens is 160 g/mol. The summed E-state index contributed by atoms with van der Waals surface area (Å²) in [5.74, 6) is 3.17. The van der Waals surface area contributed by atoms with Crippen molar-refractivity contribution in [1.82, 2.24) is 10.2 Å². The molecule has 0 aromatic heterocycles. The Morgan fingerprint density at radius 2 is 2.08 bits per heavy atom. The largest absolute Gasteiger partial charge is 0.316 e. The van der Waals surface area contributed by atoms with Gasteiger partial charge in [0.2, 0.25) is 0 Å². The third-order valence-electron chi connectivity index (χ3n) is 3.97. The van der Waals surface area contributed by atoms with Gasteiger partial charge in [0.25, 0.3) is 0 Å². The molecule has 1 saturated carbocycles. The van der Waals surface area contributed by atoms with Crippen LogP contribution in [-0.2, 0) is 0 Å². The quantitative estimate of drug-likeness (QED) is 0.680. The number of piperidine rings is 2. The normalized spacial score (nSPS) is 44.8. The Balaban J connectivity index is 1.46. The molecule has 1 aliphatic carbocycles. The van der Waals surface area contributed by atoms with Gasteiger partial charge in [-0.2, -0.15) is 0 Å². The van der Waals surface area contributed by atoms with Crippen LogP contribution in [0.4, 0.5) is 0 Å². The summed E-state index contributed by atoms with van der Waals surface area (Å²) in [5.41, 5.74) is 0. The summed E-state index contributed by atoms with van der Waals surface area (Å²) in [4.78, 5) is 2.70. The van der Waals surface area contributed by atoms with Crippen LogP contribution in [0.3, 0.4) is 0 Å². The maximum Gasteiger partial charge on any atom is 0.00220 e. The summed E-state index contributed by atoms with van der Waals surface area (Å²) < 4.78 is 0. The lowest BCUT2D eigenvalue weighted by Crippen LogP contribution is -2.38. The van der Waals surface area contributed by atoms with Crippen molar-refractivity contribution >= 4 is 0 Å². The minimum Gasteiger partial charge on any atom is -0.316 e. The number of nitrogens with one attached hydrogen (secondary N) is 1. The lowest BCUT2D eigenvalue weighted by atomic mass is 9.99. The van der Waals surface area contributed by atoms with Gasteiger partial charge in [-0.3, -0.25) is 0 Å². The molecule has 0 bridgehead atoms. The predicted molar refractivity (Wildman–Crippen MR) is 53.6 cm³/mol. The van der Waals surface area contributed by atoms with E-state index < -0.39 is 0 Å². The fraction of sp³-hybridized carbons (Fsp3) is 1.00. The van der Waals surface area contributed by atoms with Crippen molar-refractivity contribution in [3.05, 3.63) is 0 Å². The molecule has 1 N–H and O–H groups in total. The summed E-state index contributed by atoms with van der Waals surface area (Å²) in [6.45, 7) is 6.73. The maximum atomic E-state index is 3.50. The lowest BCUT2D eigenvalue weighted by Gasteiger charge is -2.28. The summed E-state index contributed by atoms with van der Waals surface area (Å²) in [6.07, 6.45) is 4.39. The van der Waals surface area contributed by atoms with Gasteiger partial charge in [0.05, 0.1) is 0 Å². The summed E-state index contributed by atoms with van der Waals surface area (Å²) >= 11 is 0. The van der Waals surface area contributed by atoms with Gasteiger partial charge in [0.1, 0.15) is 0 Å². The molecule has 3 unspecified atom stereocenters. The Morgan fingerprint density at radius 3 is 2.77 bits per heavy atom. The summed E-state index contributed by atoms with van der Waals surface area (Å²) in [5, 5.41) is 3.50. The fourth-order valence-electron chi connectivity index (χ4n) is 3.09. The predicted octanol–water partition coefficient (Wildman–Crippen LogP) is 0.938. The van der Waals surface area contributed by atoms with Crippen LogP contribution in [0.5, 0.6) is 0 Å². The van der Waals surface area contributed by atoms with Crippen LogP contribution in [0.15, 0.2) is 0 Å². The van der Waals surface area contributed by atoms with Crippen LogP contribution < -0.4 is 5.32 Å². The van der Waals surface area contributed by atoms with Crippen molar-refractivity contribution in [2.75, 3.05) is 32.7 Å². The molecule has 0 aromatic carbocycles. The molecule has 0 amide bonds. The molecule has 0 aromatic rings. The van der Waals surface area contributed by atoms with Crippen molar-refractivity contribution in [2.24, 2.45) is 17.8 Å². The second kappa shape index (κ2) is 3.25. The van der Waals surface area contributed by atoms with E-state index in [2.05, 4.69) is 10.2 Å². The van der Waals surface area contributed by atoms with E-state index in [0.717, 1.165) is 17.8 Å². The Hall–Kier alpha value is -0.0800. The lowest BCUT2D eigenvalue weighted by molar-refractivity contribution is 0.226. The molecule has 2 nitrogen and oxygen atoms in total. The minimum absolute atomic E-state index is 0.950. The molecule has 2 aliphatic heterocycles. The van der Waals surface area contributed by atoms with Crippen LogP contribution in [0.25, 0.3) is 0 Å². The number of likely N-dealkylation sites (tertiary alicyclic amines) is 1. The molecule has 0 radical (unpaired) electrons. The highest BCUT2D eigenvalue weighted by atomic mass is 15.2. The van der Waals surface area contributed by atoms with Gasteiger partial charge < -0.3 is 10.2 Å². The monoisotopic (exact) mass is 180 g/mol. The molecule has 2 saturated heterocycles. The van der Waals surface area contributed by atoms with Crippen LogP contribution in [0.1, 0.15) is 19.3 Å². The van der Waals surface area contributed by atoms with Gasteiger partial charge in [-0.1, -0.05) is 0 Å². The molecule has 3 aliphatic rings. The van der Waals surface area contributed by atoms with E-state index >= 15 is 0 Å². The van der Waals surface area contributed by atoms with Crippen molar-refractivity contribution in [3.8, 4) is 0 Å². The molecule has 2 heteroatoms. The second-order valence-corrected chi connectivity index (χ2v) is 5.19. The Labute approximate surface area is 80.7 Å². The molecule has 3 fully saturated rings. The van der Waals surface area contributed by atoms with Gasteiger partial charge in [-0.05, 0) is 50.1 Å². The van der Waals surface area contributed by atoms with Gasteiger partial charge in [0, 0.05) is 19.6 Å². The highest BCUT2D eigenvalue weighted by molar-refractivity contribution is 4.97. The topological polar surface area (TPSA) is 15.3 Å². The highest BCUT2D eigenvalue weighted by Crippen LogP contribution is 2.45. The van der Waals surface area contributed by atoms with Crippen molar-refractivity contribution < 1.29 is 0 Å². The Bertz CT molecular complexity index is 177. The molecule has 74 valence electrons. The van der Waals surface area contributed by atoms with Crippen molar-refractivity contribution in [1.29, 1.82) is 0 Å². The third-order valence-corrected chi connectivity index (χ3v) is 3.97. The number of hydrogen-bond donors (Lipinski definition) is 1. The molecule has 3 atom stereocenters. The molecule has 13 heavy (non-hydrogen) atoms. The number of rotatable bonds is 2. The average molecular weight is 180 g/mol. The maximum absolute atomic E-state index is 3.50. The van der Waals surface area contributed by atoms with E-state index in [1.807, 2.05) is 0 Å². The van der Waals surface area contributed by atoms with Gasteiger partial charge >= 0.3 is 0 Å². The van der Waals surface area contributed by atoms with E-state index in [1.54, 1.807) is 6.42 Å². The Morgan fingerprint density at radius 1 is 1.23 bits per heavy atom. The first-order valence-corrected chi connectivity index (χ1v) is 5.85. The molecule has 2 heterocycles. The van der Waals surface area contributed by atoms with Gasteiger partial charge in [-0.15, -0.1) is 0 Å². The van der Waals surface area contributed by atoms with Crippen LogP contribution >= 0.6 is 0 Å². The number of hydrogen-bond acceptors (Lipinski definition) is 2. The van der Waals surface area contributed by atoms with E-state index in [0.29, 0.717) is 0 Å². The first-order chi connectivity index (χ1) is 6.42. The smallest absolute Gasteiger partial charge is 0.00220 e. The molecule has 3 rings (SSSR count). The van der Waals surface area contributed by atoms with Crippen molar-refractivity contribution in [2.45, 2.75) is 19.3 Å².